The van der Waals surface area contributed by atoms with E-state index in [0.29, 0.717) is 11.0 Å². The monoisotopic (exact) mass is 312 g/mol. The molecule has 3 N–H and O–H groups in total. The van der Waals surface area contributed by atoms with Crippen molar-refractivity contribution in [3.05, 3.63) is 22.7 Å². The molecule has 96 valence electrons. The molecule has 0 saturated heterocycles. The first-order valence-electron chi connectivity index (χ1n) is 4.83. The van der Waals surface area contributed by atoms with Crippen LogP contribution in [0.4, 0.5) is 18.9 Å². The first-order chi connectivity index (χ1) is 7.81. The van der Waals surface area contributed by atoms with Crippen molar-refractivity contribution in [3.8, 4) is 5.75 Å². The van der Waals surface area contributed by atoms with Crippen LogP contribution in [0.2, 0.25) is 0 Å². The van der Waals surface area contributed by atoms with Gasteiger partial charge in [-0.1, -0.05) is 15.9 Å². The minimum absolute atomic E-state index is 0.147. The van der Waals surface area contributed by atoms with Crippen molar-refractivity contribution in [2.45, 2.75) is 19.3 Å². The number of hydrogen-bond acceptors (Lipinski definition) is 3. The Morgan fingerprint density at radius 3 is 2.65 bits per heavy atom. The molecular weight excluding hydrogens is 301 g/mol. The van der Waals surface area contributed by atoms with Gasteiger partial charge in [0.1, 0.15) is 0 Å². The number of nitrogens with two attached hydrogens (primary N) is 1. The van der Waals surface area contributed by atoms with E-state index < -0.39 is 6.36 Å². The maximum atomic E-state index is 12.2. The number of nitrogens with one attached hydrogen (secondary N) is 1. The largest absolute Gasteiger partial charge is 0.573 e. The van der Waals surface area contributed by atoms with E-state index in [1.165, 1.54) is 12.1 Å². The predicted molar refractivity (Wildman–Crippen MR) is 63.0 cm³/mol. The van der Waals surface area contributed by atoms with Crippen molar-refractivity contribution in [1.29, 1.82) is 0 Å². The maximum absolute atomic E-state index is 12.2. The van der Waals surface area contributed by atoms with Gasteiger partial charge in [0.15, 0.2) is 5.75 Å². The van der Waals surface area contributed by atoms with Crippen molar-refractivity contribution in [1.82, 2.24) is 0 Å². The van der Waals surface area contributed by atoms with Crippen LogP contribution in [-0.4, -0.2) is 18.9 Å². The molecule has 0 fully saturated rings. The molecule has 3 nitrogen and oxygen atoms in total. The average molecular weight is 313 g/mol. The zero-order valence-electron chi connectivity index (χ0n) is 9.01. The number of rotatable bonds is 4. The van der Waals surface area contributed by atoms with Crippen LogP contribution < -0.4 is 15.8 Å². The van der Waals surface area contributed by atoms with Gasteiger partial charge in [-0.2, -0.15) is 0 Å². The summed E-state index contributed by atoms with van der Waals surface area (Å²) in [5, 5.41) is 2.84. The highest BCUT2D eigenvalue weighted by Gasteiger charge is 2.32. The molecule has 0 amide bonds. The van der Waals surface area contributed by atoms with Gasteiger partial charge in [0.25, 0.3) is 0 Å². The Kier molecular flexibility index (Phi) is 4.64. The molecule has 0 aliphatic carbocycles. The maximum Gasteiger partial charge on any atom is 0.573 e. The van der Waals surface area contributed by atoms with Crippen LogP contribution in [0.3, 0.4) is 0 Å². The summed E-state index contributed by atoms with van der Waals surface area (Å²) in [6.45, 7) is 2.07. The summed E-state index contributed by atoms with van der Waals surface area (Å²) in [6, 6.07) is 4.22. The molecule has 1 unspecified atom stereocenters. The topological polar surface area (TPSA) is 47.3 Å². The van der Waals surface area contributed by atoms with Crippen LogP contribution >= 0.6 is 15.9 Å². The first-order valence-corrected chi connectivity index (χ1v) is 5.63. The Hall–Kier alpha value is -0.950. The highest BCUT2D eigenvalue weighted by Crippen LogP contribution is 2.33. The Bertz CT molecular complexity index is 384. The van der Waals surface area contributed by atoms with Crippen LogP contribution in [0.1, 0.15) is 6.92 Å². The Balaban J connectivity index is 2.95. The molecule has 0 aromatic heterocycles. The fourth-order valence-corrected chi connectivity index (χ4v) is 1.49. The van der Waals surface area contributed by atoms with E-state index in [2.05, 4.69) is 26.0 Å². The van der Waals surface area contributed by atoms with Crippen molar-refractivity contribution >= 4 is 21.6 Å². The van der Waals surface area contributed by atoms with Crippen LogP contribution in [0, 0.1) is 0 Å². The molecule has 0 spiro atoms. The molecule has 1 aromatic carbocycles. The summed E-state index contributed by atoms with van der Waals surface area (Å²) in [7, 11) is 0. The number of alkyl halides is 3. The second-order valence-corrected chi connectivity index (χ2v) is 4.39. The SMILES string of the molecule is CC(CN)Nc1ccc(Br)cc1OC(F)(F)F. The fourth-order valence-electron chi connectivity index (χ4n) is 1.15. The van der Waals surface area contributed by atoms with Gasteiger partial charge in [0.2, 0.25) is 0 Å². The van der Waals surface area contributed by atoms with Gasteiger partial charge in [-0.25, -0.2) is 0 Å². The van der Waals surface area contributed by atoms with Crippen LogP contribution in [-0.2, 0) is 0 Å². The first kappa shape index (κ1) is 14.1. The van der Waals surface area contributed by atoms with E-state index in [4.69, 9.17) is 5.73 Å². The summed E-state index contributed by atoms with van der Waals surface area (Å²) in [4.78, 5) is 0. The van der Waals surface area contributed by atoms with Crippen molar-refractivity contribution in [2.75, 3.05) is 11.9 Å². The van der Waals surface area contributed by atoms with E-state index in [1.54, 1.807) is 13.0 Å². The molecule has 0 bridgehead atoms. The van der Waals surface area contributed by atoms with Gasteiger partial charge in [-0.05, 0) is 25.1 Å². The van der Waals surface area contributed by atoms with Gasteiger partial charge >= 0.3 is 6.36 Å². The summed E-state index contributed by atoms with van der Waals surface area (Å²) < 4.78 is 41.0. The number of halogens is 4. The zero-order valence-corrected chi connectivity index (χ0v) is 10.6. The van der Waals surface area contributed by atoms with Gasteiger partial charge in [-0.15, -0.1) is 13.2 Å². The third kappa shape index (κ3) is 4.82. The molecule has 0 aliphatic rings. The van der Waals surface area contributed by atoms with E-state index >= 15 is 0 Å². The van der Waals surface area contributed by atoms with E-state index in [1.807, 2.05) is 0 Å². The molecule has 1 aromatic rings. The molecule has 0 aliphatic heterocycles. The Morgan fingerprint density at radius 2 is 2.12 bits per heavy atom. The van der Waals surface area contributed by atoms with Crippen molar-refractivity contribution in [2.24, 2.45) is 5.73 Å². The van der Waals surface area contributed by atoms with E-state index in [0.717, 1.165) is 0 Å². The molecule has 0 heterocycles. The quantitative estimate of drug-likeness (QED) is 0.898. The second kappa shape index (κ2) is 5.59. The third-order valence-corrected chi connectivity index (χ3v) is 2.42. The standard InChI is InChI=1S/C10H12BrF3N2O/c1-6(5-15)16-8-3-2-7(11)4-9(8)17-10(12,13)14/h2-4,6,16H,5,15H2,1H3. The van der Waals surface area contributed by atoms with E-state index in [9.17, 15) is 13.2 Å². The normalized spacial score (nSPS) is 13.3. The lowest BCUT2D eigenvalue weighted by atomic mass is 10.2. The lowest BCUT2D eigenvalue weighted by Gasteiger charge is -2.18. The lowest BCUT2D eigenvalue weighted by Crippen LogP contribution is -2.26. The number of ether oxygens (including phenoxy) is 1. The van der Waals surface area contributed by atoms with Crippen LogP contribution in [0.5, 0.6) is 5.75 Å². The highest BCUT2D eigenvalue weighted by molar-refractivity contribution is 9.10. The van der Waals surface area contributed by atoms with Gasteiger partial charge in [0, 0.05) is 17.1 Å². The van der Waals surface area contributed by atoms with Crippen LogP contribution in [0.25, 0.3) is 0 Å². The number of benzene rings is 1. The molecule has 1 rings (SSSR count). The number of anilines is 1. The predicted octanol–water partition coefficient (Wildman–Crippen LogP) is 3.11. The number of hydrogen-bond donors (Lipinski definition) is 2. The molecule has 1 atom stereocenters. The van der Waals surface area contributed by atoms with Crippen molar-refractivity contribution < 1.29 is 17.9 Å². The highest BCUT2D eigenvalue weighted by atomic mass is 79.9. The second-order valence-electron chi connectivity index (χ2n) is 3.47. The summed E-state index contributed by atoms with van der Waals surface area (Å²) in [6.07, 6.45) is -4.72. The molecule has 0 radical (unpaired) electrons. The Morgan fingerprint density at radius 1 is 1.47 bits per heavy atom. The van der Waals surface area contributed by atoms with Gasteiger partial charge in [0.05, 0.1) is 5.69 Å². The average Bonchev–Trinajstić information content (AvgIpc) is 2.19. The molecule has 7 heteroatoms. The third-order valence-electron chi connectivity index (χ3n) is 1.92. The summed E-state index contributed by atoms with van der Waals surface area (Å²) in [5.41, 5.74) is 5.65. The van der Waals surface area contributed by atoms with E-state index in [-0.39, 0.29) is 17.5 Å². The summed E-state index contributed by atoms with van der Waals surface area (Å²) >= 11 is 3.09. The fraction of sp³-hybridized carbons (Fsp3) is 0.400. The van der Waals surface area contributed by atoms with Gasteiger partial charge < -0.3 is 15.8 Å². The van der Waals surface area contributed by atoms with Gasteiger partial charge in [-0.3, -0.25) is 0 Å². The zero-order chi connectivity index (χ0) is 13.1. The molecule has 0 saturated carbocycles. The van der Waals surface area contributed by atoms with Crippen molar-refractivity contribution in [3.63, 3.8) is 0 Å². The smallest absolute Gasteiger partial charge is 0.404 e. The minimum Gasteiger partial charge on any atom is -0.404 e. The Labute approximate surface area is 105 Å². The van der Waals surface area contributed by atoms with Crippen LogP contribution in [0.15, 0.2) is 22.7 Å². The summed E-state index contributed by atoms with van der Waals surface area (Å²) in [5.74, 6) is -0.285. The molecule has 17 heavy (non-hydrogen) atoms. The minimum atomic E-state index is -4.72. The lowest BCUT2D eigenvalue weighted by molar-refractivity contribution is -0.274. The molecular formula is C10H12BrF3N2O.